The molecule has 0 bridgehead atoms. The minimum absolute atomic E-state index is 0.0775. The van der Waals surface area contributed by atoms with Crippen molar-refractivity contribution in [2.75, 3.05) is 6.54 Å². The van der Waals surface area contributed by atoms with Crippen molar-refractivity contribution in [1.29, 1.82) is 0 Å². The van der Waals surface area contributed by atoms with Crippen molar-refractivity contribution >= 4 is 0 Å². The van der Waals surface area contributed by atoms with Gasteiger partial charge in [0.05, 0.1) is 5.69 Å². The van der Waals surface area contributed by atoms with E-state index in [0.717, 1.165) is 23.6 Å². The van der Waals surface area contributed by atoms with E-state index >= 15 is 0 Å². The van der Waals surface area contributed by atoms with E-state index < -0.39 is 0 Å². The van der Waals surface area contributed by atoms with Gasteiger partial charge in [-0.2, -0.15) is 0 Å². The molecule has 0 atom stereocenters. The van der Waals surface area contributed by atoms with E-state index in [-0.39, 0.29) is 5.41 Å². The van der Waals surface area contributed by atoms with Gasteiger partial charge in [0.15, 0.2) is 0 Å². The number of nitrogens with one attached hydrogen (secondary N) is 1. The molecule has 0 saturated heterocycles. The number of hydrogen-bond acceptors (Lipinski definition) is 2. The molecule has 1 aromatic heterocycles. The Morgan fingerprint density at radius 2 is 2.00 bits per heavy atom. The van der Waals surface area contributed by atoms with Crippen LogP contribution in [-0.2, 0) is 6.42 Å². The Hall–Kier alpha value is -1.61. The zero-order valence-electron chi connectivity index (χ0n) is 12.2. The largest absolute Gasteiger partial charge is 0.346 e. The average molecular weight is 257 g/mol. The fourth-order valence-corrected chi connectivity index (χ4v) is 2.20. The zero-order chi connectivity index (χ0) is 14.0. The molecule has 19 heavy (non-hydrogen) atoms. The number of nitrogens with zero attached hydrogens (tertiary/aromatic N) is 1. The first-order valence-electron chi connectivity index (χ1n) is 6.74. The highest BCUT2D eigenvalue weighted by Gasteiger charge is 2.19. The maximum atomic E-state index is 5.79. The van der Waals surface area contributed by atoms with Crippen molar-refractivity contribution in [2.45, 2.75) is 34.1 Å². The molecule has 0 spiro atoms. The van der Waals surface area contributed by atoms with Gasteiger partial charge in [-0.25, -0.2) is 4.98 Å². The monoisotopic (exact) mass is 257 g/mol. The molecular weight excluding hydrogens is 234 g/mol. The lowest BCUT2D eigenvalue weighted by molar-refractivity contribution is 0.369. The Kier molecular flexibility index (Phi) is 3.76. The van der Waals surface area contributed by atoms with Gasteiger partial charge in [0, 0.05) is 17.7 Å². The van der Waals surface area contributed by atoms with Gasteiger partial charge in [0.2, 0.25) is 0 Å². The van der Waals surface area contributed by atoms with Crippen LogP contribution in [-0.4, -0.2) is 16.5 Å². The summed E-state index contributed by atoms with van der Waals surface area (Å²) in [5.41, 5.74) is 10.5. The molecule has 0 saturated carbocycles. The lowest BCUT2D eigenvalue weighted by Crippen LogP contribution is -2.26. The van der Waals surface area contributed by atoms with Crippen LogP contribution in [0.15, 0.2) is 24.3 Å². The summed E-state index contributed by atoms with van der Waals surface area (Å²) in [6, 6.07) is 8.45. The molecule has 1 heterocycles. The molecule has 0 fully saturated rings. The maximum absolute atomic E-state index is 5.79. The topological polar surface area (TPSA) is 54.7 Å². The quantitative estimate of drug-likeness (QED) is 0.883. The van der Waals surface area contributed by atoms with Crippen LogP contribution in [0.25, 0.3) is 11.3 Å². The van der Waals surface area contributed by atoms with Crippen LogP contribution in [0.2, 0.25) is 0 Å². The zero-order valence-corrected chi connectivity index (χ0v) is 12.2. The molecule has 0 unspecified atom stereocenters. The molecule has 0 aliphatic heterocycles. The number of H-pyrrole nitrogens is 1. The third kappa shape index (κ3) is 3.24. The van der Waals surface area contributed by atoms with Gasteiger partial charge < -0.3 is 10.7 Å². The summed E-state index contributed by atoms with van der Waals surface area (Å²) < 4.78 is 0. The fourth-order valence-electron chi connectivity index (χ4n) is 2.20. The first-order chi connectivity index (χ1) is 8.91. The minimum Gasteiger partial charge on any atom is -0.346 e. The average Bonchev–Trinajstić information content (AvgIpc) is 2.69. The van der Waals surface area contributed by atoms with E-state index in [4.69, 9.17) is 10.7 Å². The summed E-state index contributed by atoms with van der Waals surface area (Å²) in [6.07, 6.45) is 0.871. The second-order valence-electron chi connectivity index (χ2n) is 6.07. The predicted octanol–water partition coefficient (Wildman–Crippen LogP) is 3.22. The van der Waals surface area contributed by atoms with E-state index in [2.05, 4.69) is 56.9 Å². The number of aryl methyl sites for hydroxylation is 2. The maximum Gasteiger partial charge on any atom is 0.107 e. The van der Waals surface area contributed by atoms with Crippen LogP contribution in [0.4, 0.5) is 0 Å². The molecule has 2 aromatic rings. The third-order valence-electron chi connectivity index (χ3n) is 3.42. The third-order valence-corrected chi connectivity index (χ3v) is 3.42. The van der Waals surface area contributed by atoms with Gasteiger partial charge in [0.1, 0.15) is 5.82 Å². The second kappa shape index (κ2) is 5.17. The first kappa shape index (κ1) is 13.8. The molecule has 3 N–H and O–H groups in total. The summed E-state index contributed by atoms with van der Waals surface area (Å²) in [7, 11) is 0. The number of rotatable bonds is 4. The van der Waals surface area contributed by atoms with Gasteiger partial charge in [0.25, 0.3) is 0 Å². The van der Waals surface area contributed by atoms with Crippen molar-refractivity contribution in [3.8, 4) is 11.3 Å². The van der Waals surface area contributed by atoms with E-state index in [1.807, 2.05) is 0 Å². The lowest BCUT2D eigenvalue weighted by atomic mass is 9.89. The van der Waals surface area contributed by atoms with Gasteiger partial charge >= 0.3 is 0 Å². The summed E-state index contributed by atoms with van der Waals surface area (Å²) in [5.74, 6) is 1.02. The number of aromatic amines is 1. The Bertz CT molecular complexity index is 567. The van der Waals surface area contributed by atoms with Crippen molar-refractivity contribution in [1.82, 2.24) is 9.97 Å². The smallest absolute Gasteiger partial charge is 0.107 e. The van der Waals surface area contributed by atoms with Crippen LogP contribution < -0.4 is 5.73 Å². The molecule has 0 amide bonds. The molecule has 2 rings (SSSR count). The van der Waals surface area contributed by atoms with E-state index in [0.29, 0.717) is 6.54 Å². The Labute approximate surface area is 115 Å². The number of benzene rings is 1. The summed E-state index contributed by atoms with van der Waals surface area (Å²) in [6.45, 7) is 9.16. The van der Waals surface area contributed by atoms with Crippen LogP contribution >= 0.6 is 0 Å². The molecule has 102 valence electrons. The van der Waals surface area contributed by atoms with Crippen LogP contribution in [0, 0.1) is 19.3 Å². The van der Waals surface area contributed by atoms with E-state index in [1.165, 1.54) is 11.1 Å². The molecule has 3 nitrogen and oxygen atoms in total. The minimum atomic E-state index is 0.0775. The second-order valence-corrected chi connectivity index (χ2v) is 6.07. The number of nitrogens with two attached hydrogens (primary N) is 1. The van der Waals surface area contributed by atoms with Gasteiger partial charge in [-0.3, -0.25) is 0 Å². The number of imidazole rings is 1. The van der Waals surface area contributed by atoms with Crippen LogP contribution in [0.5, 0.6) is 0 Å². The summed E-state index contributed by atoms with van der Waals surface area (Å²) >= 11 is 0. The van der Waals surface area contributed by atoms with Crippen molar-refractivity contribution in [3.05, 3.63) is 41.3 Å². The van der Waals surface area contributed by atoms with Crippen molar-refractivity contribution in [2.24, 2.45) is 11.1 Å². The molecule has 0 aliphatic carbocycles. The number of aromatic nitrogens is 2. The Morgan fingerprint density at radius 3 is 2.63 bits per heavy atom. The van der Waals surface area contributed by atoms with E-state index in [1.54, 1.807) is 0 Å². The highest BCUT2D eigenvalue weighted by Crippen LogP contribution is 2.25. The standard InChI is InChI=1S/C16H23N3/c1-11-6-5-7-13(8-11)15-12(2)18-14(19-15)9-16(3,4)10-17/h5-8H,9-10,17H2,1-4H3,(H,18,19). The molecule has 3 heteroatoms. The highest BCUT2D eigenvalue weighted by atomic mass is 14.9. The molecule has 0 aliphatic rings. The molecular formula is C16H23N3. The van der Waals surface area contributed by atoms with Gasteiger partial charge in [-0.15, -0.1) is 0 Å². The number of hydrogen-bond donors (Lipinski definition) is 2. The molecule has 0 radical (unpaired) electrons. The van der Waals surface area contributed by atoms with E-state index in [9.17, 15) is 0 Å². The Morgan fingerprint density at radius 1 is 1.26 bits per heavy atom. The van der Waals surface area contributed by atoms with Gasteiger partial charge in [-0.1, -0.05) is 37.6 Å². The van der Waals surface area contributed by atoms with Crippen molar-refractivity contribution in [3.63, 3.8) is 0 Å². The van der Waals surface area contributed by atoms with Crippen LogP contribution in [0.3, 0.4) is 0 Å². The summed E-state index contributed by atoms with van der Waals surface area (Å²) in [5, 5.41) is 0. The predicted molar refractivity (Wildman–Crippen MR) is 80.0 cm³/mol. The van der Waals surface area contributed by atoms with Crippen LogP contribution in [0.1, 0.15) is 30.9 Å². The normalized spacial score (nSPS) is 11.8. The fraction of sp³-hybridized carbons (Fsp3) is 0.438. The SMILES string of the molecule is Cc1cccc(-c2nc(CC(C)(C)CN)[nH]c2C)c1. The summed E-state index contributed by atoms with van der Waals surface area (Å²) in [4.78, 5) is 8.13. The first-order valence-corrected chi connectivity index (χ1v) is 6.74. The highest BCUT2D eigenvalue weighted by molar-refractivity contribution is 5.62. The Balaban J connectivity index is 2.32. The van der Waals surface area contributed by atoms with Crippen molar-refractivity contribution < 1.29 is 0 Å². The lowest BCUT2D eigenvalue weighted by Gasteiger charge is -2.20. The van der Waals surface area contributed by atoms with Gasteiger partial charge in [-0.05, 0) is 31.9 Å². The molecule has 1 aromatic carbocycles.